The Morgan fingerprint density at radius 3 is 2.38 bits per heavy atom. The molecule has 2 N–H and O–H groups in total. The third kappa shape index (κ3) is 4.49. The highest BCUT2D eigenvalue weighted by molar-refractivity contribution is 7.84. The molecule has 134 valence electrons. The van der Waals surface area contributed by atoms with Gasteiger partial charge in [0.1, 0.15) is 5.02 Å². The van der Waals surface area contributed by atoms with E-state index in [0.29, 0.717) is 0 Å². The summed E-state index contributed by atoms with van der Waals surface area (Å²) in [5.41, 5.74) is -2.47. The molecule has 0 heterocycles. The van der Waals surface area contributed by atoms with Crippen molar-refractivity contribution in [3.8, 4) is 0 Å². The molecule has 0 aliphatic heterocycles. The van der Waals surface area contributed by atoms with Crippen molar-refractivity contribution in [1.29, 1.82) is 0 Å². The van der Waals surface area contributed by atoms with Gasteiger partial charge >= 0.3 is 11.7 Å². The molecule has 0 radical (unpaired) electrons. The molecule has 0 aliphatic carbocycles. The predicted octanol–water partition coefficient (Wildman–Crippen LogP) is 3.13. The van der Waals surface area contributed by atoms with E-state index in [2.05, 4.69) is 4.72 Å². The topological polar surface area (TPSA) is 110 Å². The summed E-state index contributed by atoms with van der Waals surface area (Å²) in [6.07, 6.45) is -0.558. The first-order valence-corrected chi connectivity index (χ1v) is 8.36. The Bertz CT molecular complexity index is 707. The van der Waals surface area contributed by atoms with Crippen molar-refractivity contribution in [3.05, 3.63) is 38.7 Å². The summed E-state index contributed by atoms with van der Waals surface area (Å²) in [4.78, 5) is 21.3. The Kier molecular flexibility index (Phi) is 6.07. The molecule has 1 unspecified atom stereocenters. The Balaban J connectivity index is 3.52. The van der Waals surface area contributed by atoms with Gasteiger partial charge in [-0.25, -0.2) is 8.93 Å². The Labute approximate surface area is 145 Å². The second kappa shape index (κ2) is 7.12. The van der Waals surface area contributed by atoms with Gasteiger partial charge in [-0.1, -0.05) is 17.7 Å². The van der Waals surface area contributed by atoms with Gasteiger partial charge in [0.2, 0.25) is 5.82 Å². The van der Waals surface area contributed by atoms with Gasteiger partial charge in [-0.2, -0.15) is 4.39 Å². The van der Waals surface area contributed by atoms with Crippen LogP contribution in [0.1, 0.15) is 39.7 Å². The number of hydrogen-bond acceptors (Lipinski definition) is 4. The Morgan fingerprint density at radius 2 is 1.96 bits per heavy atom. The number of halogens is 2. The molecule has 0 saturated carbocycles. The summed E-state index contributed by atoms with van der Waals surface area (Å²) in [6, 6.07) is 1.99. The fourth-order valence-corrected chi connectivity index (χ4v) is 3.31. The average molecular weight is 381 g/mol. The van der Waals surface area contributed by atoms with Crippen molar-refractivity contribution < 1.29 is 23.4 Å². The molecule has 0 fully saturated rings. The van der Waals surface area contributed by atoms with E-state index in [0.717, 1.165) is 12.1 Å². The van der Waals surface area contributed by atoms with E-state index in [-0.39, 0.29) is 5.56 Å². The molecule has 0 aromatic heterocycles. The second-order valence-electron chi connectivity index (χ2n) is 6.40. The number of benzene rings is 1. The number of nitrogens with one attached hydrogen (secondary N) is 1. The lowest BCUT2D eigenvalue weighted by atomic mass is 9.89. The maximum Gasteiger partial charge on any atom is 0.323 e. The van der Waals surface area contributed by atoms with Crippen molar-refractivity contribution in [2.75, 3.05) is 0 Å². The van der Waals surface area contributed by atoms with E-state index in [1.54, 1.807) is 20.8 Å². The first-order chi connectivity index (χ1) is 10.8. The summed E-state index contributed by atoms with van der Waals surface area (Å²) < 4.78 is 28.0. The lowest BCUT2D eigenvalue weighted by Gasteiger charge is -2.33. The van der Waals surface area contributed by atoms with Crippen molar-refractivity contribution >= 4 is 34.2 Å². The van der Waals surface area contributed by atoms with Gasteiger partial charge in [0.15, 0.2) is 0 Å². The summed E-state index contributed by atoms with van der Waals surface area (Å²) in [7, 11) is -1.69. The third-order valence-electron chi connectivity index (χ3n) is 3.22. The van der Waals surface area contributed by atoms with Crippen molar-refractivity contribution in [1.82, 2.24) is 4.72 Å². The molecule has 0 saturated heterocycles. The van der Waals surface area contributed by atoms with Crippen LogP contribution in [0, 0.1) is 15.9 Å². The predicted molar refractivity (Wildman–Crippen MR) is 88.7 cm³/mol. The van der Waals surface area contributed by atoms with Crippen LogP contribution < -0.4 is 4.72 Å². The molecule has 0 amide bonds. The number of nitro groups is 1. The fourth-order valence-electron chi connectivity index (χ4n) is 1.98. The van der Waals surface area contributed by atoms with Crippen molar-refractivity contribution in [3.63, 3.8) is 0 Å². The number of nitrogens with zero attached hydrogens (tertiary/aromatic N) is 1. The van der Waals surface area contributed by atoms with Gasteiger partial charge < -0.3 is 5.11 Å². The average Bonchev–Trinajstić information content (AvgIpc) is 2.35. The highest BCUT2D eigenvalue weighted by atomic mass is 35.5. The standard InChI is InChI=1S/C14H18ClFN2O5S/c1-13(2,3)24(23)17-14(4,7-10(19)20)8-5-6-9(16)12(11(8)15)18(21)22/h5-6,17H,7H2,1-4H3,(H,19,20)/t14-,24?/m0/s1. The quantitative estimate of drug-likeness (QED) is 0.582. The largest absolute Gasteiger partial charge is 0.481 e. The summed E-state index contributed by atoms with van der Waals surface area (Å²) in [5, 5.41) is 19.6. The molecule has 1 aromatic carbocycles. The van der Waals surface area contributed by atoms with Gasteiger partial charge in [-0.3, -0.25) is 14.9 Å². The van der Waals surface area contributed by atoms with E-state index in [1.807, 2.05) is 0 Å². The zero-order valence-corrected chi connectivity index (χ0v) is 15.1. The fraction of sp³-hybridized carbons (Fsp3) is 0.500. The molecule has 1 aromatic rings. The van der Waals surface area contributed by atoms with E-state index in [1.165, 1.54) is 6.92 Å². The number of carboxylic acid groups (broad SMARTS) is 1. The monoisotopic (exact) mass is 380 g/mol. The van der Waals surface area contributed by atoms with Crippen molar-refractivity contribution in [2.45, 2.75) is 44.4 Å². The van der Waals surface area contributed by atoms with E-state index < -0.39 is 55.1 Å². The molecule has 10 heteroatoms. The minimum Gasteiger partial charge on any atom is -0.481 e. The van der Waals surface area contributed by atoms with Gasteiger partial charge in [0, 0.05) is 0 Å². The summed E-state index contributed by atoms with van der Waals surface area (Å²) in [6.45, 7) is 6.41. The Morgan fingerprint density at radius 1 is 1.42 bits per heavy atom. The Hall–Kier alpha value is -1.58. The smallest absolute Gasteiger partial charge is 0.323 e. The molecule has 0 bridgehead atoms. The van der Waals surface area contributed by atoms with Gasteiger partial charge in [-0.05, 0) is 39.3 Å². The minimum absolute atomic E-state index is 0.0164. The lowest BCUT2D eigenvalue weighted by molar-refractivity contribution is -0.387. The number of carboxylic acids is 1. The van der Waals surface area contributed by atoms with Crippen LogP contribution >= 0.6 is 11.6 Å². The molecule has 0 spiro atoms. The number of hydrogen-bond donors (Lipinski definition) is 2. The minimum atomic E-state index is -1.69. The van der Waals surface area contributed by atoms with Gasteiger partial charge in [-0.15, -0.1) is 0 Å². The molecule has 1 rings (SSSR count). The van der Waals surface area contributed by atoms with Crippen LogP contribution in [-0.2, 0) is 21.3 Å². The number of nitro benzene ring substituents is 1. The molecule has 2 atom stereocenters. The number of rotatable bonds is 6. The van der Waals surface area contributed by atoms with Crippen LogP contribution in [0.2, 0.25) is 5.02 Å². The summed E-state index contributed by atoms with van der Waals surface area (Å²) >= 11 is 5.96. The van der Waals surface area contributed by atoms with Crippen LogP contribution in [-0.4, -0.2) is 25.0 Å². The normalized spacial score (nSPS) is 15.6. The second-order valence-corrected chi connectivity index (χ2v) is 8.74. The molecule has 7 nitrogen and oxygen atoms in total. The maximum atomic E-state index is 13.7. The molecule has 24 heavy (non-hydrogen) atoms. The van der Waals surface area contributed by atoms with Crippen LogP contribution in [0.25, 0.3) is 0 Å². The van der Waals surface area contributed by atoms with Crippen LogP contribution in [0.4, 0.5) is 10.1 Å². The van der Waals surface area contributed by atoms with E-state index in [9.17, 15) is 23.5 Å². The zero-order valence-electron chi connectivity index (χ0n) is 13.6. The van der Waals surface area contributed by atoms with Crippen LogP contribution in [0.3, 0.4) is 0 Å². The van der Waals surface area contributed by atoms with Gasteiger partial charge in [0.25, 0.3) is 0 Å². The van der Waals surface area contributed by atoms with Crippen molar-refractivity contribution in [2.24, 2.45) is 0 Å². The molecule has 0 aliphatic rings. The summed E-state index contributed by atoms with van der Waals surface area (Å²) in [5.74, 6) is -2.37. The highest BCUT2D eigenvalue weighted by Crippen LogP contribution is 2.38. The van der Waals surface area contributed by atoms with E-state index >= 15 is 0 Å². The SMILES string of the molecule is CC(C)(C)S(=O)N[C@@](C)(CC(=O)O)c1ccc(F)c([N+](=O)[O-])c1Cl. The number of aliphatic carboxylic acids is 1. The van der Waals surface area contributed by atoms with Gasteiger partial charge in [0.05, 0.1) is 32.6 Å². The van der Waals surface area contributed by atoms with Crippen LogP contribution in [0.5, 0.6) is 0 Å². The van der Waals surface area contributed by atoms with E-state index in [4.69, 9.17) is 16.7 Å². The zero-order chi connectivity index (χ0) is 18.9. The lowest BCUT2D eigenvalue weighted by Crippen LogP contribution is -2.47. The maximum absolute atomic E-state index is 13.7. The third-order valence-corrected chi connectivity index (χ3v) is 5.35. The highest BCUT2D eigenvalue weighted by Gasteiger charge is 2.38. The molecular formula is C14H18ClFN2O5S. The van der Waals surface area contributed by atoms with Crippen LogP contribution in [0.15, 0.2) is 12.1 Å². The molecular weight excluding hydrogens is 363 g/mol. The number of carbonyl (C=O) groups is 1. The first-order valence-electron chi connectivity index (χ1n) is 6.84. The first kappa shape index (κ1) is 20.5.